The predicted molar refractivity (Wildman–Crippen MR) is 67.7 cm³/mol. The fraction of sp³-hybridized carbons (Fsp3) is 0.0714. The minimum Gasteiger partial charge on any atom is -0.298 e. The van der Waals surface area contributed by atoms with Crippen molar-refractivity contribution in [1.82, 2.24) is 0 Å². The summed E-state index contributed by atoms with van der Waals surface area (Å²) in [5.41, 5.74) is 0.651. The maximum absolute atomic E-state index is 13.4. The van der Waals surface area contributed by atoms with Crippen LogP contribution in [0.5, 0.6) is 0 Å². The molecule has 2 aromatic rings. The molecule has 0 aliphatic heterocycles. The standard InChI is InChI=1S/C14H10F2OS/c15-13-2-1-3-14(16)12(13)9-18-11-6-4-10(8-17)5-7-11/h1-8H,9H2. The molecule has 92 valence electrons. The van der Waals surface area contributed by atoms with Gasteiger partial charge in [0.2, 0.25) is 0 Å². The number of halogens is 2. The molecule has 0 aliphatic rings. The summed E-state index contributed by atoms with van der Waals surface area (Å²) >= 11 is 1.33. The van der Waals surface area contributed by atoms with Crippen molar-refractivity contribution >= 4 is 18.0 Å². The number of hydrogen-bond donors (Lipinski definition) is 0. The average Bonchev–Trinajstić information content (AvgIpc) is 2.39. The summed E-state index contributed by atoms with van der Waals surface area (Å²) in [6.07, 6.45) is 0.755. The number of carbonyl (C=O) groups excluding carboxylic acids is 1. The van der Waals surface area contributed by atoms with Crippen LogP contribution in [0.15, 0.2) is 47.4 Å². The van der Waals surface area contributed by atoms with Crippen molar-refractivity contribution in [2.45, 2.75) is 10.6 Å². The maximum atomic E-state index is 13.4. The van der Waals surface area contributed by atoms with Crippen LogP contribution in [0.3, 0.4) is 0 Å². The summed E-state index contributed by atoms with van der Waals surface area (Å²) in [6, 6.07) is 10.7. The highest BCUT2D eigenvalue weighted by Gasteiger charge is 2.08. The van der Waals surface area contributed by atoms with Crippen LogP contribution in [-0.2, 0) is 5.75 Å². The van der Waals surface area contributed by atoms with Crippen molar-refractivity contribution in [2.24, 2.45) is 0 Å². The van der Waals surface area contributed by atoms with E-state index in [2.05, 4.69) is 0 Å². The number of benzene rings is 2. The van der Waals surface area contributed by atoms with Gasteiger partial charge in [-0.1, -0.05) is 18.2 Å². The van der Waals surface area contributed by atoms with Gasteiger partial charge in [-0.25, -0.2) is 8.78 Å². The first kappa shape index (κ1) is 12.8. The second-order valence-electron chi connectivity index (χ2n) is 3.68. The van der Waals surface area contributed by atoms with Gasteiger partial charge in [0, 0.05) is 21.8 Å². The zero-order valence-corrected chi connectivity index (χ0v) is 10.2. The Balaban J connectivity index is 2.09. The van der Waals surface area contributed by atoms with E-state index in [1.54, 1.807) is 24.3 Å². The lowest BCUT2D eigenvalue weighted by atomic mass is 10.2. The van der Waals surface area contributed by atoms with Crippen LogP contribution in [0.2, 0.25) is 0 Å². The van der Waals surface area contributed by atoms with Gasteiger partial charge in [0.25, 0.3) is 0 Å². The van der Waals surface area contributed by atoms with E-state index in [1.807, 2.05) is 0 Å². The molecular formula is C14H10F2OS. The van der Waals surface area contributed by atoms with Crippen molar-refractivity contribution in [3.8, 4) is 0 Å². The topological polar surface area (TPSA) is 17.1 Å². The predicted octanol–water partition coefficient (Wildman–Crippen LogP) is 4.07. The van der Waals surface area contributed by atoms with E-state index in [-0.39, 0.29) is 11.3 Å². The lowest BCUT2D eigenvalue weighted by Crippen LogP contribution is -1.92. The van der Waals surface area contributed by atoms with Crippen LogP contribution < -0.4 is 0 Å². The highest BCUT2D eigenvalue weighted by atomic mass is 32.2. The molecule has 2 rings (SSSR count). The Morgan fingerprint density at radius 2 is 1.61 bits per heavy atom. The number of hydrogen-bond acceptors (Lipinski definition) is 2. The van der Waals surface area contributed by atoms with Crippen LogP contribution in [0.25, 0.3) is 0 Å². The third kappa shape index (κ3) is 2.96. The third-order valence-corrected chi connectivity index (χ3v) is 3.50. The maximum Gasteiger partial charge on any atom is 0.150 e. The lowest BCUT2D eigenvalue weighted by Gasteiger charge is -2.05. The summed E-state index contributed by atoms with van der Waals surface area (Å²) in [5.74, 6) is -0.849. The molecule has 1 nitrogen and oxygen atoms in total. The van der Waals surface area contributed by atoms with Gasteiger partial charge in [0.1, 0.15) is 17.9 Å². The van der Waals surface area contributed by atoms with Gasteiger partial charge in [-0.2, -0.15) is 0 Å². The molecule has 4 heteroatoms. The van der Waals surface area contributed by atoms with Gasteiger partial charge < -0.3 is 0 Å². The quantitative estimate of drug-likeness (QED) is 0.611. The molecule has 0 N–H and O–H groups in total. The van der Waals surface area contributed by atoms with E-state index >= 15 is 0 Å². The van der Waals surface area contributed by atoms with Gasteiger partial charge in [0.15, 0.2) is 0 Å². The SMILES string of the molecule is O=Cc1ccc(SCc2c(F)cccc2F)cc1. The molecule has 0 aromatic heterocycles. The molecule has 18 heavy (non-hydrogen) atoms. The Labute approximate surface area is 108 Å². The van der Waals surface area contributed by atoms with Crippen molar-refractivity contribution in [3.63, 3.8) is 0 Å². The molecule has 2 aromatic carbocycles. The molecule has 0 bridgehead atoms. The van der Waals surface area contributed by atoms with Crippen molar-refractivity contribution in [2.75, 3.05) is 0 Å². The zero-order chi connectivity index (χ0) is 13.0. The Morgan fingerprint density at radius 3 is 2.17 bits per heavy atom. The minimum atomic E-state index is -0.535. The Morgan fingerprint density at radius 1 is 1.00 bits per heavy atom. The van der Waals surface area contributed by atoms with E-state index in [4.69, 9.17) is 0 Å². The molecule has 0 atom stereocenters. The molecule has 0 amide bonds. The van der Waals surface area contributed by atoms with Crippen molar-refractivity contribution < 1.29 is 13.6 Å². The van der Waals surface area contributed by atoms with Gasteiger partial charge >= 0.3 is 0 Å². The first-order chi connectivity index (χ1) is 8.70. The molecule has 0 spiro atoms. The third-order valence-electron chi connectivity index (χ3n) is 2.46. The van der Waals surface area contributed by atoms with E-state index in [1.165, 1.54) is 30.0 Å². The summed E-state index contributed by atoms with van der Waals surface area (Å²) < 4.78 is 26.7. The first-order valence-electron chi connectivity index (χ1n) is 5.31. The van der Waals surface area contributed by atoms with E-state index < -0.39 is 11.6 Å². The zero-order valence-electron chi connectivity index (χ0n) is 9.40. The lowest BCUT2D eigenvalue weighted by molar-refractivity contribution is 0.112. The van der Waals surface area contributed by atoms with E-state index in [0.29, 0.717) is 5.56 Å². The van der Waals surface area contributed by atoms with Crippen molar-refractivity contribution in [1.29, 1.82) is 0 Å². The smallest absolute Gasteiger partial charge is 0.150 e. The molecule has 0 radical (unpaired) electrons. The summed E-state index contributed by atoms with van der Waals surface area (Å²) in [6.45, 7) is 0. The van der Waals surface area contributed by atoms with E-state index in [9.17, 15) is 13.6 Å². The van der Waals surface area contributed by atoms with E-state index in [0.717, 1.165) is 11.2 Å². The molecule has 0 heterocycles. The number of aldehydes is 1. The molecule has 0 fully saturated rings. The second-order valence-corrected chi connectivity index (χ2v) is 4.72. The molecule has 0 unspecified atom stereocenters. The fourth-order valence-electron chi connectivity index (χ4n) is 1.47. The van der Waals surface area contributed by atoms with Crippen LogP contribution in [0.1, 0.15) is 15.9 Å². The largest absolute Gasteiger partial charge is 0.298 e. The Bertz CT molecular complexity index is 532. The highest BCUT2D eigenvalue weighted by molar-refractivity contribution is 7.98. The monoisotopic (exact) mass is 264 g/mol. The van der Waals surface area contributed by atoms with Gasteiger partial charge in [-0.3, -0.25) is 4.79 Å². The Hall–Kier alpha value is -1.68. The van der Waals surface area contributed by atoms with Crippen LogP contribution in [0, 0.1) is 11.6 Å². The molecule has 0 saturated heterocycles. The first-order valence-corrected chi connectivity index (χ1v) is 6.30. The summed E-state index contributed by atoms with van der Waals surface area (Å²) in [5, 5.41) is 0. The van der Waals surface area contributed by atoms with Gasteiger partial charge in [-0.15, -0.1) is 11.8 Å². The molecule has 0 saturated carbocycles. The number of thioether (sulfide) groups is 1. The second kappa shape index (κ2) is 5.78. The van der Waals surface area contributed by atoms with Crippen molar-refractivity contribution in [3.05, 3.63) is 65.2 Å². The average molecular weight is 264 g/mol. The number of rotatable bonds is 4. The van der Waals surface area contributed by atoms with Crippen LogP contribution in [0.4, 0.5) is 8.78 Å². The number of carbonyl (C=O) groups is 1. The van der Waals surface area contributed by atoms with Gasteiger partial charge in [-0.05, 0) is 24.3 Å². The Kier molecular flexibility index (Phi) is 4.10. The van der Waals surface area contributed by atoms with Crippen LogP contribution >= 0.6 is 11.8 Å². The molecule has 0 aliphatic carbocycles. The van der Waals surface area contributed by atoms with Crippen LogP contribution in [-0.4, -0.2) is 6.29 Å². The fourth-order valence-corrected chi connectivity index (χ4v) is 2.38. The normalized spacial score (nSPS) is 10.3. The summed E-state index contributed by atoms with van der Waals surface area (Å²) in [7, 11) is 0. The highest BCUT2D eigenvalue weighted by Crippen LogP contribution is 2.25. The minimum absolute atomic E-state index is 0.0713. The summed E-state index contributed by atoms with van der Waals surface area (Å²) in [4.78, 5) is 11.3. The van der Waals surface area contributed by atoms with Gasteiger partial charge in [0.05, 0.1) is 0 Å². The molecular weight excluding hydrogens is 254 g/mol.